The normalized spacial score (nSPS) is 17.8. The predicted molar refractivity (Wildman–Crippen MR) is 125 cm³/mol. The molecule has 1 atom stereocenters. The first-order chi connectivity index (χ1) is 15.5. The minimum atomic E-state index is -0.238. The topological polar surface area (TPSA) is 22.3 Å². The van der Waals surface area contributed by atoms with Crippen molar-refractivity contribution in [1.29, 1.82) is 0 Å². The van der Waals surface area contributed by atoms with Crippen LogP contribution in [0.1, 0.15) is 22.7 Å². The molecule has 0 amide bonds. The summed E-state index contributed by atoms with van der Waals surface area (Å²) in [5.74, 6) is -0.428. The number of likely N-dealkylation sites (N-methyl/N-ethyl adjacent to an activating group) is 1. The average Bonchev–Trinajstić information content (AvgIpc) is 3.17. The van der Waals surface area contributed by atoms with Gasteiger partial charge >= 0.3 is 0 Å². The number of halogens is 2. The largest absolute Gasteiger partial charge is 0.361 e. The Morgan fingerprint density at radius 2 is 1.69 bits per heavy atom. The molecule has 1 N–H and O–H groups in total. The number of benzene rings is 3. The van der Waals surface area contributed by atoms with Crippen molar-refractivity contribution in [1.82, 2.24) is 14.8 Å². The molecule has 5 heteroatoms. The zero-order chi connectivity index (χ0) is 22.2. The van der Waals surface area contributed by atoms with E-state index < -0.39 is 0 Å². The summed E-state index contributed by atoms with van der Waals surface area (Å²) < 4.78 is 28.3. The Labute approximate surface area is 187 Å². The minimum absolute atomic E-state index is 0.0938. The first-order valence-electron chi connectivity index (χ1n) is 11.0. The zero-order valence-corrected chi connectivity index (χ0v) is 18.4. The summed E-state index contributed by atoms with van der Waals surface area (Å²) in [6, 6.07) is 18.5. The molecule has 0 radical (unpaired) electrons. The smallest absolute Gasteiger partial charge is 0.127 e. The monoisotopic (exact) mass is 431 g/mol. The SMILES string of the molecule is Cc1c[nH]c2ccc(-c3ccc(F)c(CN4CCN(C)C[C@@H]4c4ccc(F)cc4)c3)cc12. The van der Waals surface area contributed by atoms with Gasteiger partial charge in [0.2, 0.25) is 0 Å². The van der Waals surface area contributed by atoms with E-state index in [1.807, 2.05) is 30.5 Å². The van der Waals surface area contributed by atoms with Gasteiger partial charge in [-0.1, -0.05) is 24.3 Å². The van der Waals surface area contributed by atoms with Crippen LogP contribution >= 0.6 is 0 Å². The summed E-state index contributed by atoms with van der Waals surface area (Å²) in [7, 11) is 2.09. The molecule has 164 valence electrons. The standard InChI is InChI=1S/C27H27F2N3/c1-18-15-30-26-10-6-21(14-24(18)26)20-5-9-25(29)22(13-20)16-32-12-11-31(2)17-27(32)19-3-7-23(28)8-4-19/h3-10,13-15,27,30H,11-12,16-17H2,1-2H3/t27-/m1/s1. The van der Waals surface area contributed by atoms with E-state index in [9.17, 15) is 8.78 Å². The second kappa shape index (κ2) is 8.49. The van der Waals surface area contributed by atoms with Crippen molar-refractivity contribution in [2.45, 2.75) is 19.5 Å². The minimum Gasteiger partial charge on any atom is -0.361 e. The van der Waals surface area contributed by atoms with Gasteiger partial charge in [0.1, 0.15) is 11.6 Å². The van der Waals surface area contributed by atoms with Gasteiger partial charge in [-0.3, -0.25) is 4.90 Å². The van der Waals surface area contributed by atoms with Crippen LogP contribution in [0.2, 0.25) is 0 Å². The fourth-order valence-corrected chi connectivity index (χ4v) is 4.68. The van der Waals surface area contributed by atoms with Gasteiger partial charge < -0.3 is 9.88 Å². The maximum Gasteiger partial charge on any atom is 0.127 e. The van der Waals surface area contributed by atoms with Gasteiger partial charge in [0.15, 0.2) is 0 Å². The van der Waals surface area contributed by atoms with Crippen molar-refractivity contribution in [3.05, 3.63) is 95.2 Å². The molecule has 0 bridgehead atoms. The summed E-state index contributed by atoms with van der Waals surface area (Å²) in [4.78, 5) is 7.84. The van der Waals surface area contributed by atoms with Crippen LogP contribution in [-0.4, -0.2) is 41.5 Å². The van der Waals surface area contributed by atoms with Gasteiger partial charge in [0.05, 0.1) is 0 Å². The highest BCUT2D eigenvalue weighted by Crippen LogP contribution is 2.31. The molecule has 3 aromatic carbocycles. The second-order valence-electron chi connectivity index (χ2n) is 8.84. The molecule has 1 saturated heterocycles. The summed E-state index contributed by atoms with van der Waals surface area (Å²) >= 11 is 0. The van der Waals surface area contributed by atoms with Crippen molar-refractivity contribution in [2.75, 3.05) is 26.7 Å². The van der Waals surface area contributed by atoms with Crippen LogP contribution in [0.15, 0.2) is 66.9 Å². The highest BCUT2D eigenvalue weighted by molar-refractivity contribution is 5.87. The number of rotatable bonds is 4. The van der Waals surface area contributed by atoms with Gasteiger partial charge in [-0.25, -0.2) is 8.78 Å². The highest BCUT2D eigenvalue weighted by atomic mass is 19.1. The van der Waals surface area contributed by atoms with Gasteiger partial charge in [-0.05, 0) is 72.6 Å². The van der Waals surface area contributed by atoms with Crippen LogP contribution in [0.5, 0.6) is 0 Å². The van der Waals surface area contributed by atoms with Crippen molar-refractivity contribution < 1.29 is 8.78 Å². The van der Waals surface area contributed by atoms with E-state index in [1.165, 1.54) is 23.1 Å². The zero-order valence-electron chi connectivity index (χ0n) is 18.4. The number of fused-ring (bicyclic) bond motifs is 1. The summed E-state index contributed by atoms with van der Waals surface area (Å²) in [6.07, 6.45) is 2.01. The van der Waals surface area contributed by atoms with Crippen molar-refractivity contribution in [3.63, 3.8) is 0 Å². The fraction of sp³-hybridized carbons (Fsp3) is 0.259. The molecule has 0 saturated carbocycles. The third kappa shape index (κ3) is 4.06. The van der Waals surface area contributed by atoms with Gasteiger partial charge in [-0.15, -0.1) is 0 Å². The first kappa shape index (κ1) is 20.9. The summed E-state index contributed by atoms with van der Waals surface area (Å²) in [6.45, 7) is 5.18. The maximum atomic E-state index is 14.9. The molecule has 2 heterocycles. The molecular weight excluding hydrogens is 404 g/mol. The number of H-pyrrole nitrogens is 1. The lowest BCUT2D eigenvalue weighted by atomic mass is 9.98. The Balaban J connectivity index is 1.46. The van der Waals surface area contributed by atoms with Crippen LogP contribution in [0.4, 0.5) is 8.78 Å². The first-order valence-corrected chi connectivity index (χ1v) is 11.0. The van der Waals surface area contributed by atoms with Crippen LogP contribution in [0.3, 0.4) is 0 Å². The fourth-order valence-electron chi connectivity index (χ4n) is 4.68. The number of aromatic nitrogens is 1. The van der Waals surface area contributed by atoms with Crippen molar-refractivity contribution in [3.8, 4) is 11.1 Å². The molecule has 4 aromatic rings. The van der Waals surface area contributed by atoms with E-state index >= 15 is 0 Å². The van der Waals surface area contributed by atoms with E-state index in [4.69, 9.17) is 0 Å². The Morgan fingerprint density at radius 1 is 0.938 bits per heavy atom. The molecule has 3 nitrogen and oxygen atoms in total. The van der Waals surface area contributed by atoms with E-state index in [2.05, 4.69) is 47.0 Å². The Hall–Kier alpha value is -3.02. The van der Waals surface area contributed by atoms with E-state index in [0.29, 0.717) is 12.1 Å². The molecule has 1 aliphatic rings. The number of nitrogens with one attached hydrogen (secondary N) is 1. The lowest BCUT2D eigenvalue weighted by Gasteiger charge is -2.40. The molecule has 5 rings (SSSR count). The quantitative estimate of drug-likeness (QED) is 0.434. The van der Waals surface area contributed by atoms with Crippen LogP contribution in [-0.2, 0) is 6.54 Å². The molecule has 0 aliphatic carbocycles. The second-order valence-corrected chi connectivity index (χ2v) is 8.84. The Kier molecular flexibility index (Phi) is 5.53. The lowest BCUT2D eigenvalue weighted by Crippen LogP contribution is -2.46. The van der Waals surface area contributed by atoms with Crippen LogP contribution in [0, 0.1) is 18.6 Å². The molecule has 1 aliphatic heterocycles. The van der Waals surface area contributed by atoms with Gasteiger partial charge in [0, 0.05) is 54.9 Å². The third-order valence-electron chi connectivity index (χ3n) is 6.59. The summed E-state index contributed by atoms with van der Waals surface area (Å²) in [5, 5.41) is 1.18. The number of hydrogen-bond acceptors (Lipinski definition) is 2. The van der Waals surface area contributed by atoms with Crippen molar-refractivity contribution in [2.24, 2.45) is 0 Å². The lowest BCUT2D eigenvalue weighted by molar-refractivity contribution is 0.0824. The number of aryl methyl sites for hydroxylation is 1. The number of hydrogen-bond donors (Lipinski definition) is 1. The van der Waals surface area contributed by atoms with E-state index in [0.717, 1.165) is 41.8 Å². The van der Waals surface area contributed by atoms with Crippen LogP contribution in [0.25, 0.3) is 22.0 Å². The number of nitrogens with zero attached hydrogens (tertiary/aromatic N) is 2. The number of piperazine rings is 1. The molecular formula is C27H27F2N3. The predicted octanol–water partition coefficient (Wildman–Crippen LogP) is 5.91. The van der Waals surface area contributed by atoms with E-state index in [1.54, 1.807) is 6.07 Å². The molecule has 1 fully saturated rings. The average molecular weight is 432 g/mol. The van der Waals surface area contributed by atoms with Gasteiger partial charge in [0.25, 0.3) is 0 Å². The Morgan fingerprint density at radius 3 is 2.50 bits per heavy atom. The summed E-state index contributed by atoms with van der Waals surface area (Å²) in [5.41, 5.74) is 6.14. The molecule has 0 spiro atoms. The highest BCUT2D eigenvalue weighted by Gasteiger charge is 2.27. The van der Waals surface area contributed by atoms with E-state index in [-0.39, 0.29) is 17.7 Å². The van der Waals surface area contributed by atoms with Crippen LogP contribution < -0.4 is 0 Å². The Bertz CT molecular complexity index is 1250. The van der Waals surface area contributed by atoms with Crippen molar-refractivity contribution >= 4 is 10.9 Å². The molecule has 32 heavy (non-hydrogen) atoms. The molecule has 1 aromatic heterocycles. The third-order valence-corrected chi connectivity index (χ3v) is 6.59. The maximum absolute atomic E-state index is 14.9. The molecule has 0 unspecified atom stereocenters. The van der Waals surface area contributed by atoms with Gasteiger partial charge in [-0.2, -0.15) is 0 Å². The number of aromatic amines is 1.